The van der Waals surface area contributed by atoms with Crippen LogP contribution < -0.4 is 10.2 Å². The number of piperidine rings is 1. The molecule has 1 aromatic heterocycles. The van der Waals surface area contributed by atoms with Gasteiger partial charge in [0.05, 0.1) is 18.8 Å². The number of nitrogens with one attached hydrogen (secondary N) is 2. The normalized spacial score (nSPS) is 16.9. The second kappa shape index (κ2) is 10.3. The maximum Gasteiger partial charge on any atom is 0.234 e. The number of quaternary nitrogens is 1. The summed E-state index contributed by atoms with van der Waals surface area (Å²) in [6, 6.07) is 12.7. The lowest BCUT2D eigenvalue weighted by atomic mass is 10.1. The number of carbonyl (C=O) groups is 1. The van der Waals surface area contributed by atoms with Crippen LogP contribution in [0.25, 0.3) is 5.69 Å². The fourth-order valence-corrected chi connectivity index (χ4v) is 5.85. The molecule has 5 rings (SSSR count). The highest BCUT2D eigenvalue weighted by molar-refractivity contribution is 7.99. The Kier molecular flexibility index (Phi) is 6.97. The third kappa shape index (κ3) is 5.03. The number of anilines is 1. The molecule has 6 nitrogen and oxygen atoms in total. The number of carbonyl (C=O) groups excluding carboxylic acids is 1. The van der Waals surface area contributed by atoms with Crippen molar-refractivity contribution < 1.29 is 14.1 Å². The standard InChI is InChI=1S/C26H30FN5OS/c1-18(31-14-3-2-4-15-31)25-29-30-26(32(25)23-12-9-21(27)10-13-23)34-17-24(33)28-22-11-8-19-6-5-7-20(19)16-22/h8-13,16,18H,2-7,14-15,17H2,1H3,(H,28,33)/p+1/t18-/m1/s1. The summed E-state index contributed by atoms with van der Waals surface area (Å²) in [7, 11) is 0. The molecule has 1 aliphatic heterocycles. The van der Waals surface area contributed by atoms with E-state index in [1.54, 1.807) is 12.1 Å². The van der Waals surface area contributed by atoms with Crippen molar-refractivity contribution in [1.82, 2.24) is 14.8 Å². The first kappa shape index (κ1) is 23.1. The first-order valence-corrected chi connectivity index (χ1v) is 13.2. The number of aryl methyl sites for hydroxylation is 2. The number of thioether (sulfide) groups is 1. The molecule has 2 N–H and O–H groups in total. The van der Waals surface area contributed by atoms with E-state index in [-0.39, 0.29) is 23.5 Å². The van der Waals surface area contributed by atoms with E-state index in [1.165, 1.54) is 65.6 Å². The van der Waals surface area contributed by atoms with E-state index in [9.17, 15) is 9.18 Å². The van der Waals surface area contributed by atoms with Crippen LogP contribution >= 0.6 is 11.8 Å². The fourth-order valence-electron chi connectivity index (χ4n) is 5.09. The van der Waals surface area contributed by atoms with E-state index in [2.05, 4.69) is 34.6 Å². The van der Waals surface area contributed by atoms with Gasteiger partial charge in [-0.15, -0.1) is 10.2 Å². The van der Waals surface area contributed by atoms with Gasteiger partial charge < -0.3 is 10.2 Å². The lowest BCUT2D eigenvalue weighted by Gasteiger charge is -2.29. The molecule has 1 atom stereocenters. The highest BCUT2D eigenvalue weighted by Gasteiger charge is 2.28. The SMILES string of the molecule is C[C@H](c1nnc(SCC(=O)Nc2ccc3c(c2)CCC3)n1-c1ccc(F)cc1)[NH+]1CCCCC1. The minimum atomic E-state index is -0.281. The largest absolute Gasteiger partial charge is 0.326 e. The smallest absolute Gasteiger partial charge is 0.234 e. The molecule has 34 heavy (non-hydrogen) atoms. The van der Waals surface area contributed by atoms with Gasteiger partial charge in [0, 0.05) is 11.4 Å². The third-order valence-electron chi connectivity index (χ3n) is 6.95. The summed E-state index contributed by atoms with van der Waals surface area (Å²) in [4.78, 5) is 14.2. The highest BCUT2D eigenvalue weighted by Crippen LogP contribution is 2.27. The lowest BCUT2D eigenvalue weighted by molar-refractivity contribution is -0.935. The van der Waals surface area contributed by atoms with Crippen LogP contribution in [0.4, 0.5) is 10.1 Å². The monoisotopic (exact) mass is 480 g/mol. The molecule has 0 spiro atoms. The molecule has 1 fully saturated rings. The molecule has 2 aromatic carbocycles. The van der Waals surface area contributed by atoms with Gasteiger partial charge in [0.2, 0.25) is 5.91 Å². The number of hydrogen-bond donors (Lipinski definition) is 2. The molecule has 1 saturated heterocycles. The number of fused-ring (bicyclic) bond motifs is 1. The van der Waals surface area contributed by atoms with Crippen LogP contribution in [-0.2, 0) is 17.6 Å². The Morgan fingerprint density at radius 1 is 1.06 bits per heavy atom. The van der Waals surface area contributed by atoms with Crippen molar-refractivity contribution in [1.29, 1.82) is 0 Å². The van der Waals surface area contributed by atoms with Crippen LogP contribution in [0.3, 0.4) is 0 Å². The summed E-state index contributed by atoms with van der Waals surface area (Å²) in [5, 5.41) is 12.6. The van der Waals surface area contributed by atoms with Gasteiger partial charge in [-0.05, 0) is 93.0 Å². The van der Waals surface area contributed by atoms with Crippen molar-refractivity contribution in [2.24, 2.45) is 0 Å². The molecule has 0 bridgehead atoms. The summed E-state index contributed by atoms with van der Waals surface area (Å²) >= 11 is 1.36. The zero-order valence-electron chi connectivity index (χ0n) is 19.5. The maximum absolute atomic E-state index is 13.6. The number of likely N-dealkylation sites (tertiary alicyclic amines) is 1. The van der Waals surface area contributed by atoms with E-state index < -0.39 is 0 Å². The molecule has 2 heterocycles. The Hall–Kier alpha value is -2.71. The summed E-state index contributed by atoms with van der Waals surface area (Å²) in [6.07, 6.45) is 7.10. The van der Waals surface area contributed by atoms with E-state index >= 15 is 0 Å². The molecule has 3 aromatic rings. The molecule has 8 heteroatoms. The quantitative estimate of drug-likeness (QED) is 0.506. The second-order valence-corrected chi connectivity index (χ2v) is 10.2. The molecule has 0 saturated carbocycles. The van der Waals surface area contributed by atoms with Gasteiger partial charge in [-0.1, -0.05) is 17.8 Å². The molecule has 0 unspecified atom stereocenters. The first-order chi connectivity index (χ1) is 16.6. The molecule has 178 valence electrons. The Balaban J connectivity index is 1.33. The number of hydrogen-bond acceptors (Lipinski definition) is 4. The van der Waals surface area contributed by atoms with Gasteiger partial charge in [0.25, 0.3) is 0 Å². The van der Waals surface area contributed by atoms with Gasteiger partial charge in [-0.25, -0.2) is 4.39 Å². The van der Waals surface area contributed by atoms with Crippen molar-refractivity contribution in [3.05, 3.63) is 65.2 Å². The van der Waals surface area contributed by atoms with Gasteiger partial charge in [0.1, 0.15) is 11.9 Å². The van der Waals surface area contributed by atoms with E-state index in [1.807, 2.05) is 10.6 Å². The van der Waals surface area contributed by atoms with Gasteiger partial charge in [0.15, 0.2) is 11.0 Å². The summed E-state index contributed by atoms with van der Waals surface area (Å²) in [5.74, 6) is 0.718. The Bertz CT molecular complexity index is 1160. The molecule has 2 aliphatic rings. The molecule has 1 amide bonds. The lowest BCUT2D eigenvalue weighted by Crippen LogP contribution is -3.12. The summed E-state index contributed by atoms with van der Waals surface area (Å²) in [5.41, 5.74) is 4.37. The maximum atomic E-state index is 13.6. The van der Waals surface area contributed by atoms with Gasteiger partial charge in [-0.2, -0.15) is 0 Å². The Morgan fingerprint density at radius 2 is 1.82 bits per heavy atom. The van der Waals surface area contributed by atoms with Crippen molar-refractivity contribution in [2.75, 3.05) is 24.2 Å². The zero-order chi connectivity index (χ0) is 23.5. The number of benzene rings is 2. The minimum absolute atomic E-state index is 0.0761. The van der Waals surface area contributed by atoms with E-state index in [0.29, 0.717) is 5.16 Å². The van der Waals surface area contributed by atoms with E-state index in [0.717, 1.165) is 43.1 Å². The number of aromatic nitrogens is 3. The van der Waals surface area contributed by atoms with Crippen molar-refractivity contribution in [3.8, 4) is 5.69 Å². The zero-order valence-corrected chi connectivity index (χ0v) is 20.3. The highest BCUT2D eigenvalue weighted by atomic mass is 32.2. The van der Waals surface area contributed by atoms with Crippen LogP contribution in [-0.4, -0.2) is 39.5 Å². The topological polar surface area (TPSA) is 64.2 Å². The molecular formula is C26H31FN5OS+. The van der Waals surface area contributed by atoms with E-state index in [4.69, 9.17) is 0 Å². The second-order valence-electron chi connectivity index (χ2n) is 9.27. The minimum Gasteiger partial charge on any atom is -0.326 e. The van der Waals surface area contributed by atoms with Crippen LogP contribution in [0, 0.1) is 5.82 Å². The third-order valence-corrected chi connectivity index (χ3v) is 7.88. The number of nitrogens with zero attached hydrogens (tertiary/aromatic N) is 3. The van der Waals surface area contributed by atoms with Crippen molar-refractivity contribution >= 4 is 23.4 Å². The van der Waals surface area contributed by atoms with Crippen LogP contribution in [0.2, 0.25) is 0 Å². The molecule has 1 aliphatic carbocycles. The number of halogens is 1. The average Bonchev–Trinajstić information content (AvgIpc) is 3.50. The Labute approximate surface area is 203 Å². The number of amides is 1. The van der Waals surface area contributed by atoms with Crippen LogP contribution in [0.5, 0.6) is 0 Å². The van der Waals surface area contributed by atoms with Crippen molar-refractivity contribution in [3.63, 3.8) is 0 Å². The predicted octanol–water partition coefficient (Wildman–Crippen LogP) is 3.76. The first-order valence-electron chi connectivity index (χ1n) is 12.2. The van der Waals surface area contributed by atoms with Crippen molar-refractivity contribution in [2.45, 2.75) is 56.6 Å². The van der Waals surface area contributed by atoms with Gasteiger partial charge >= 0.3 is 0 Å². The molecule has 0 radical (unpaired) electrons. The average molecular weight is 481 g/mol. The summed E-state index contributed by atoms with van der Waals surface area (Å²) in [6.45, 7) is 4.41. The van der Waals surface area contributed by atoms with Crippen LogP contribution in [0.15, 0.2) is 47.6 Å². The summed E-state index contributed by atoms with van der Waals surface area (Å²) < 4.78 is 15.6. The fraction of sp³-hybridized carbons (Fsp3) is 0.423. The van der Waals surface area contributed by atoms with Crippen LogP contribution in [0.1, 0.15) is 55.6 Å². The Morgan fingerprint density at radius 3 is 2.62 bits per heavy atom. The van der Waals surface area contributed by atoms with Gasteiger partial charge in [-0.3, -0.25) is 9.36 Å². The predicted molar refractivity (Wildman–Crippen MR) is 132 cm³/mol. The molecular weight excluding hydrogens is 449 g/mol. The number of rotatable bonds is 7.